The summed E-state index contributed by atoms with van der Waals surface area (Å²) >= 11 is 0. The molecule has 4 aliphatic heterocycles. The molecular weight excluding hydrogens is 636 g/mol. The highest BCUT2D eigenvalue weighted by Gasteiger charge is 2.51. The first-order chi connectivity index (χ1) is 25.6. The molecule has 0 radical (unpaired) electrons. The van der Waals surface area contributed by atoms with Gasteiger partial charge < -0.3 is 4.90 Å². The third-order valence-corrected chi connectivity index (χ3v) is 13.6. The van der Waals surface area contributed by atoms with Gasteiger partial charge in [0, 0.05) is 17.1 Å². The van der Waals surface area contributed by atoms with E-state index in [-0.39, 0.29) is 24.3 Å². The molecule has 0 amide bonds. The van der Waals surface area contributed by atoms with Crippen LogP contribution in [0.25, 0.3) is 33.4 Å². The molecular formula is C50H47B2N. The molecule has 11 rings (SSSR count). The predicted octanol–water partition coefficient (Wildman–Crippen LogP) is 9.74. The zero-order chi connectivity index (χ0) is 36.0. The maximum Gasteiger partial charge on any atom is 0.248 e. The zero-order valence-corrected chi connectivity index (χ0v) is 32.1. The second-order valence-electron chi connectivity index (χ2n) is 18.7. The number of hydrogen-bond donors (Lipinski definition) is 0. The first kappa shape index (κ1) is 31.7. The molecule has 0 fully saturated rings. The van der Waals surface area contributed by atoms with E-state index in [9.17, 15) is 0 Å². The van der Waals surface area contributed by atoms with Crippen LogP contribution in [0.1, 0.15) is 90.3 Å². The van der Waals surface area contributed by atoms with Crippen molar-refractivity contribution in [3.05, 3.63) is 131 Å². The van der Waals surface area contributed by atoms with Gasteiger partial charge >= 0.3 is 0 Å². The van der Waals surface area contributed by atoms with Crippen molar-refractivity contribution in [3.63, 3.8) is 0 Å². The van der Waals surface area contributed by atoms with Crippen LogP contribution in [-0.2, 0) is 5.41 Å². The Morgan fingerprint density at radius 2 is 1.42 bits per heavy atom. The Morgan fingerprint density at radius 3 is 2.17 bits per heavy atom. The Bertz CT molecular complexity index is 2520. The van der Waals surface area contributed by atoms with Gasteiger partial charge in [-0.15, -0.1) is 0 Å². The van der Waals surface area contributed by atoms with Gasteiger partial charge in [-0.25, -0.2) is 0 Å². The molecule has 2 aliphatic carbocycles. The minimum atomic E-state index is 0.0874. The fourth-order valence-electron chi connectivity index (χ4n) is 10.8. The molecule has 1 nitrogen and oxygen atoms in total. The summed E-state index contributed by atoms with van der Waals surface area (Å²) in [5.41, 5.74) is 26.2. The van der Waals surface area contributed by atoms with Gasteiger partial charge in [0.15, 0.2) is 0 Å². The average Bonchev–Trinajstić information content (AvgIpc) is 3.68. The van der Waals surface area contributed by atoms with E-state index in [2.05, 4.69) is 156 Å². The third kappa shape index (κ3) is 4.46. The third-order valence-electron chi connectivity index (χ3n) is 13.6. The molecule has 258 valence electrons. The van der Waals surface area contributed by atoms with Crippen molar-refractivity contribution in [2.24, 2.45) is 11.3 Å². The number of benzene rings is 5. The Hall–Kier alpha value is -4.75. The maximum atomic E-state index is 2.72. The summed E-state index contributed by atoms with van der Waals surface area (Å²) in [5.74, 6) is 0.505. The number of allylic oxidation sites excluding steroid dienone is 6. The Kier molecular flexibility index (Phi) is 6.54. The highest BCUT2D eigenvalue weighted by atomic mass is 15.2. The Morgan fingerprint density at radius 1 is 0.623 bits per heavy atom. The topological polar surface area (TPSA) is 3.24 Å². The van der Waals surface area contributed by atoms with Gasteiger partial charge in [0.25, 0.3) is 0 Å². The van der Waals surface area contributed by atoms with E-state index in [1.807, 2.05) is 0 Å². The van der Waals surface area contributed by atoms with E-state index in [1.54, 1.807) is 5.57 Å². The summed E-state index contributed by atoms with van der Waals surface area (Å²) in [4.78, 5) is 2.72. The van der Waals surface area contributed by atoms with Crippen molar-refractivity contribution in [2.75, 3.05) is 4.90 Å². The molecule has 0 bridgehead atoms. The van der Waals surface area contributed by atoms with Gasteiger partial charge in [-0.05, 0) is 139 Å². The van der Waals surface area contributed by atoms with Crippen molar-refractivity contribution in [2.45, 2.75) is 79.1 Å². The summed E-state index contributed by atoms with van der Waals surface area (Å²) in [6.45, 7) is 14.7. The van der Waals surface area contributed by atoms with Gasteiger partial charge in [-0.1, -0.05) is 144 Å². The molecule has 0 aromatic heterocycles. The van der Waals surface area contributed by atoms with Crippen LogP contribution in [0.5, 0.6) is 0 Å². The highest BCUT2D eigenvalue weighted by molar-refractivity contribution is 7.04. The van der Waals surface area contributed by atoms with E-state index < -0.39 is 0 Å². The second-order valence-corrected chi connectivity index (χ2v) is 18.7. The summed E-state index contributed by atoms with van der Waals surface area (Å²) in [5, 5.41) is 0. The fraction of sp³-hybridized carbons (Fsp3) is 0.280. The smallest absolute Gasteiger partial charge is 0.248 e. The number of rotatable bonds is 2. The van der Waals surface area contributed by atoms with Crippen molar-refractivity contribution in [1.82, 2.24) is 0 Å². The first-order valence-corrected chi connectivity index (χ1v) is 20.2. The fourth-order valence-corrected chi connectivity index (χ4v) is 10.8. The summed E-state index contributed by atoms with van der Waals surface area (Å²) in [6.07, 6.45) is 13.9. The van der Waals surface area contributed by atoms with Crippen LogP contribution in [0.15, 0.2) is 115 Å². The average molecular weight is 684 g/mol. The lowest BCUT2D eigenvalue weighted by Crippen LogP contribution is -2.61. The largest absolute Gasteiger partial charge is 0.312 e. The van der Waals surface area contributed by atoms with E-state index in [0.717, 1.165) is 6.42 Å². The minimum Gasteiger partial charge on any atom is -0.312 e. The summed E-state index contributed by atoms with van der Waals surface area (Å²) < 4.78 is 0. The van der Waals surface area contributed by atoms with Gasteiger partial charge in [0.1, 0.15) is 0 Å². The van der Waals surface area contributed by atoms with E-state index in [0.29, 0.717) is 5.92 Å². The molecule has 0 saturated carbocycles. The van der Waals surface area contributed by atoms with Crippen molar-refractivity contribution >= 4 is 68.9 Å². The van der Waals surface area contributed by atoms with Crippen molar-refractivity contribution < 1.29 is 0 Å². The predicted molar refractivity (Wildman–Crippen MR) is 230 cm³/mol. The number of hydrogen-bond acceptors (Lipinski definition) is 1. The Labute approximate surface area is 316 Å². The first-order valence-electron chi connectivity index (χ1n) is 20.2. The Balaban J connectivity index is 1.25. The molecule has 1 unspecified atom stereocenters. The van der Waals surface area contributed by atoms with Gasteiger partial charge in [-0.2, -0.15) is 0 Å². The van der Waals surface area contributed by atoms with Crippen LogP contribution in [0.2, 0.25) is 0 Å². The molecule has 5 aromatic rings. The van der Waals surface area contributed by atoms with Crippen LogP contribution in [0.3, 0.4) is 0 Å². The standard InChI is InChI=1S/C50H47B2N/c1-49(2,3)34-20-22-40-37(28-34)36-18-13-19-44-46(36)51(40)42-25-33(31-16-11-8-12-17-31)26-43-48(42)53(44)45-27-32(30-14-9-7-10-15-30)24-39-38-29-35(50(4,5)6)21-23-41(38)52(43)47(39)45/h7,9-10,13-16,18-20,22-29,35H,8,11-12,17,21H2,1-6H3. The lowest BCUT2D eigenvalue weighted by atomic mass is 9.32. The number of nitrogens with zero attached hydrogens (tertiary/aromatic N) is 1. The molecule has 6 aliphatic rings. The van der Waals surface area contributed by atoms with E-state index in [4.69, 9.17) is 0 Å². The molecule has 5 aromatic carbocycles. The van der Waals surface area contributed by atoms with Gasteiger partial charge in [0.05, 0.1) is 0 Å². The SMILES string of the molecule is CC(C)(C)c1ccc2c(c1)-c1cccc3c1B2c1cc(C2=CCCCC2)cc2c1N3c1cc(-c3ccccc3)cc3c1B2C1=CCC(C(C)(C)C)C=C13. The molecule has 1 atom stereocenters. The monoisotopic (exact) mass is 683 g/mol. The molecule has 53 heavy (non-hydrogen) atoms. The number of anilines is 3. The molecule has 4 heterocycles. The quantitative estimate of drug-likeness (QED) is 0.164. The van der Waals surface area contributed by atoms with Gasteiger partial charge in [0.2, 0.25) is 13.4 Å². The van der Waals surface area contributed by atoms with Crippen LogP contribution < -0.4 is 32.2 Å². The molecule has 0 spiro atoms. The maximum absolute atomic E-state index is 2.72. The van der Waals surface area contributed by atoms with Crippen LogP contribution in [0.4, 0.5) is 17.1 Å². The van der Waals surface area contributed by atoms with Gasteiger partial charge in [-0.3, -0.25) is 0 Å². The summed E-state index contributed by atoms with van der Waals surface area (Å²) in [7, 11) is 0. The minimum absolute atomic E-state index is 0.0874. The second kappa shape index (κ2) is 10.9. The van der Waals surface area contributed by atoms with Crippen molar-refractivity contribution in [1.29, 1.82) is 0 Å². The molecule has 0 saturated heterocycles. The summed E-state index contributed by atoms with van der Waals surface area (Å²) in [6, 6.07) is 36.0. The number of fused-ring (bicyclic) bond motifs is 10. The molecule has 3 heteroatoms. The lowest BCUT2D eigenvalue weighted by molar-refractivity contribution is 0.294. The van der Waals surface area contributed by atoms with E-state index in [1.165, 1.54) is 120 Å². The normalized spacial score (nSPS) is 18.8. The molecule has 0 N–H and O–H groups in total. The lowest BCUT2D eigenvalue weighted by Gasteiger charge is -2.43. The zero-order valence-electron chi connectivity index (χ0n) is 32.1. The highest BCUT2D eigenvalue weighted by Crippen LogP contribution is 2.50. The van der Waals surface area contributed by atoms with Crippen LogP contribution >= 0.6 is 0 Å². The van der Waals surface area contributed by atoms with Crippen LogP contribution in [-0.4, -0.2) is 13.4 Å². The van der Waals surface area contributed by atoms with E-state index >= 15 is 0 Å². The van der Waals surface area contributed by atoms with Crippen molar-refractivity contribution in [3.8, 4) is 22.3 Å². The van der Waals surface area contributed by atoms with Crippen LogP contribution in [0, 0.1) is 11.3 Å².